The second kappa shape index (κ2) is 3.31. The van der Waals surface area contributed by atoms with Gasteiger partial charge in [0.1, 0.15) is 5.54 Å². The molecule has 0 spiro atoms. The molecular formula is C9H10IN4S+. The number of nitrogens with zero attached hydrogens (tertiary/aromatic N) is 3. The van der Waals surface area contributed by atoms with Gasteiger partial charge in [-0.1, -0.05) is 34.4 Å². The van der Waals surface area contributed by atoms with E-state index in [2.05, 4.69) is 49.0 Å². The quantitative estimate of drug-likeness (QED) is 0.372. The van der Waals surface area contributed by atoms with E-state index in [0.717, 1.165) is 21.3 Å². The van der Waals surface area contributed by atoms with E-state index < -0.39 is 0 Å². The molecule has 0 aliphatic carbocycles. The molecule has 2 aromatic rings. The molecule has 2 aromatic heterocycles. The van der Waals surface area contributed by atoms with Crippen LogP contribution in [0.25, 0.3) is 11.2 Å². The Morgan fingerprint density at radius 2 is 2.53 bits per heavy atom. The Morgan fingerprint density at radius 3 is 3.33 bits per heavy atom. The van der Waals surface area contributed by atoms with Gasteiger partial charge in [0, 0.05) is 10.2 Å². The number of rotatable bonds is 1. The second-order valence-electron chi connectivity index (χ2n) is 3.94. The molecule has 1 aliphatic rings. The summed E-state index contributed by atoms with van der Waals surface area (Å²) < 4.78 is 3.36. The van der Waals surface area contributed by atoms with Crippen LogP contribution in [0.3, 0.4) is 0 Å². The maximum atomic E-state index is 4.36. The van der Waals surface area contributed by atoms with E-state index in [-0.39, 0.29) is 5.54 Å². The molecule has 1 N–H and O–H groups in total. The summed E-state index contributed by atoms with van der Waals surface area (Å²) >= 11 is 4.32. The van der Waals surface area contributed by atoms with Crippen molar-refractivity contribution in [1.82, 2.24) is 15.0 Å². The van der Waals surface area contributed by atoms with Crippen LogP contribution < -0.4 is 4.57 Å². The number of nitrogens with one attached hydrogen (secondary N) is 1. The number of aromatic amines is 1. The number of imidazole rings is 1. The molecule has 0 fully saturated rings. The van der Waals surface area contributed by atoms with Gasteiger partial charge in [0.05, 0.1) is 6.33 Å². The fourth-order valence-electron chi connectivity index (χ4n) is 1.75. The fraction of sp³-hybridized carbons (Fsp3) is 0.444. The summed E-state index contributed by atoms with van der Waals surface area (Å²) in [6.45, 7) is 2.27. The number of fused-ring (bicyclic) bond motifs is 3. The third-order valence-corrected chi connectivity index (χ3v) is 5.82. The van der Waals surface area contributed by atoms with Crippen molar-refractivity contribution in [2.45, 2.75) is 17.5 Å². The first-order chi connectivity index (χ1) is 7.24. The molecule has 0 saturated carbocycles. The highest BCUT2D eigenvalue weighted by molar-refractivity contribution is 14.1. The van der Waals surface area contributed by atoms with E-state index in [9.17, 15) is 0 Å². The highest BCUT2D eigenvalue weighted by Gasteiger charge is 2.40. The third-order valence-electron chi connectivity index (χ3n) is 2.74. The van der Waals surface area contributed by atoms with Gasteiger partial charge in [0.15, 0.2) is 10.5 Å². The lowest BCUT2D eigenvalue weighted by Gasteiger charge is -2.17. The Balaban J connectivity index is 2.30. The number of halogens is 1. The van der Waals surface area contributed by atoms with Crippen molar-refractivity contribution in [3.05, 3.63) is 12.7 Å². The van der Waals surface area contributed by atoms with Gasteiger partial charge >= 0.3 is 0 Å². The highest BCUT2D eigenvalue weighted by Crippen LogP contribution is 2.34. The van der Waals surface area contributed by atoms with Gasteiger partial charge in [-0.3, -0.25) is 0 Å². The van der Waals surface area contributed by atoms with Crippen molar-refractivity contribution in [2.24, 2.45) is 0 Å². The van der Waals surface area contributed by atoms with Crippen molar-refractivity contribution in [3.8, 4) is 0 Å². The molecule has 3 heterocycles. The summed E-state index contributed by atoms with van der Waals surface area (Å²) in [4.78, 5) is 11.7. The SMILES string of the molecule is CC1(CI)CSc2c3[nH]cnc3nc[n+]21. The van der Waals surface area contributed by atoms with Crippen molar-refractivity contribution in [2.75, 3.05) is 10.2 Å². The maximum Gasteiger partial charge on any atom is 0.296 e. The van der Waals surface area contributed by atoms with Gasteiger partial charge in [-0.15, -0.1) is 0 Å². The lowest BCUT2D eigenvalue weighted by atomic mass is 10.1. The smallest absolute Gasteiger partial charge is 0.296 e. The normalized spacial score (nSPS) is 24.7. The molecule has 0 bridgehead atoms. The molecule has 15 heavy (non-hydrogen) atoms. The molecule has 78 valence electrons. The Morgan fingerprint density at radius 1 is 1.67 bits per heavy atom. The molecular weight excluding hydrogens is 323 g/mol. The molecule has 1 aliphatic heterocycles. The topological polar surface area (TPSA) is 45.5 Å². The first-order valence-electron chi connectivity index (χ1n) is 4.67. The van der Waals surface area contributed by atoms with E-state index in [1.807, 2.05) is 18.1 Å². The summed E-state index contributed by atoms with van der Waals surface area (Å²) in [6, 6.07) is 0. The monoisotopic (exact) mass is 333 g/mol. The Bertz CT molecular complexity index is 526. The van der Waals surface area contributed by atoms with Crippen LogP contribution >= 0.6 is 34.4 Å². The number of H-pyrrole nitrogens is 1. The molecule has 1 atom stereocenters. The zero-order chi connectivity index (χ0) is 10.5. The second-order valence-corrected chi connectivity index (χ2v) is 5.67. The molecule has 1 unspecified atom stereocenters. The average Bonchev–Trinajstić information content (AvgIpc) is 2.83. The molecule has 0 saturated heterocycles. The minimum absolute atomic E-state index is 0.187. The Kier molecular flexibility index (Phi) is 2.17. The molecule has 0 amide bonds. The van der Waals surface area contributed by atoms with Crippen molar-refractivity contribution >= 4 is 45.5 Å². The Hall–Kier alpha value is -0.370. The van der Waals surface area contributed by atoms with Crippen LogP contribution in [0.15, 0.2) is 17.7 Å². The highest BCUT2D eigenvalue weighted by atomic mass is 127. The zero-order valence-corrected chi connectivity index (χ0v) is 11.2. The zero-order valence-electron chi connectivity index (χ0n) is 8.20. The summed E-state index contributed by atoms with van der Waals surface area (Å²) in [6.07, 6.45) is 3.62. The van der Waals surface area contributed by atoms with Crippen LogP contribution in [0.1, 0.15) is 6.92 Å². The van der Waals surface area contributed by atoms with Crippen LogP contribution in [-0.4, -0.2) is 25.1 Å². The van der Waals surface area contributed by atoms with Gasteiger partial charge in [0.2, 0.25) is 0 Å². The predicted octanol–water partition coefficient (Wildman–Crippen LogP) is 1.50. The Labute approximate surface area is 105 Å². The maximum absolute atomic E-state index is 4.36. The van der Waals surface area contributed by atoms with Gasteiger partial charge in [-0.05, 0) is 11.9 Å². The van der Waals surface area contributed by atoms with Crippen LogP contribution in [0.5, 0.6) is 0 Å². The minimum Gasteiger partial charge on any atom is -0.337 e. The van der Waals surface area contributed by atoms with E-state index in [1.165, 1.54) is 5.03 Å². The van der Waals surface area contributed by atoms with Gasteiger partial charge in [-0.25, -0.2) is 4.57 Å². The molecule has 0 radical (unpaired) electrons. The minimum atomic E-state index is 0.187. The first kappa shape index (κ1) is 9.83. The van der Waals surface area contributed by atoms with Crippen LogP contribution in [0, 0.1) is 0 Å². The summed E-state index contributed by atoms with van der Waals surface area (Å²) in [5.74, 6) is 1.11. The van der Waals surface area contributed by atoms with Gasteiger partial charge in [-0.2, -0.15) is 4.98 Å². The molecule has 0 aromatic carbocycles. The lowest BCUT2D eigenvalue weighted by Crippen LogP contribution is -2.54. The van der Waals surface area contributed by atoms with Crippen molar-refractivity contribution < 1.29 is 4.57 Å². The van der Waals surface area contributed by atoms with E-state index in [0.29, 0.717) is 0 Å². The summed E-state index contributed by atoms with van der Waals surface area (Å²) in [5, 5.41) is 1.26. The standard InChI is InChI=1S/C9H9IN4S/c1-9(2-10)3-15-8-6-7(12-4-11-6)13-5-14(8)9/h4-5H,2-3H2,1H3/p+1. The molecule has 4 nitrogen and oxygen atoms in total. The number of aromatic nitrogens is 4. The van der Waals surface area contributed by atoms with Crippen molar-refractivity contribution in [1.29, 1.82) is 0 Å². The van der Waals surface area contributed by atoms with Gasteiger partial charge in [0.25, 0.3) is 12.0 Å². The van der Waals surface area contributed by atoms with E-state index >= 15 is 0 Å². The number of hydrogen-bond donors (Lipinski definition) is 1. The molecule has 6 heteroatoms. The fourth-order valence-corrected chi connectivity index (χ4v) is 4.14. The molecule has 3 rings (SSSR count). The summed E-state index contributed by atoms with van der Waals surface area (Å²) in [7, 11) is 0. The van der Waals surface area contributed by atoms with Crippen molar-refractivity contribution in [3.63, 3.8) is 0 Å². The predicted molar refractivity (Wildman–Crippen MR) is 67.3 cm³/mol. The largest absolute Gasteiger partial charge is 0.337 e. The van der Waals surface area contributed by atoms with E-state index in [4.69, 9.17) is 0 Å². The number of thioether (sulfide) groups is 1. The number of alkyl halides is 1. The lowest BCUT2D eigenvalue weighted by molar-refractivity contribution is -0.778. The van der Waals surface area contributed by atoms with Crippen LogP contribution in [0.2, 0.25) is 0 Å². The first-order valence-corrected chi connectivity index (χ1v) is 7.19. The van der Waals surface area contributed by atoms with Crippen LogP contribution in [0.4, 0.5) is 0 Å². The van der Waals surface area contributed by atoms with Crippen LogP contribution in [-0.2, 0) is 5.54 Å². The van der Waals surface area contributed by atoms with Gasteiger partial charge < -0.3 is 4.98 Å². The van der Waals surface area contributed by atoms with E-state index in [1.54, 1.807) is 6.33 Å². The average molecular weight is 333 g/mol. The number of hydrogen-bond acceptors (Lipinski definition) is 3. The third kappa shape index (κ3) is 1.30. The summed E-state index contributed by atoms with van der Waals surface area (Å²) in [5.41, 5.74) is 2.06.